The number of hydrogen-bond acceptors (Lipinski definition) is 9. The molecule has 28 heavy (non-hydrogen) atoms. The Morgan fingerprint density at radius 1 is 0.964 bits per heavy atom. The molecule has 1 unspecified atom stereocenters. The molecule has 0 saturated carbocycles. The second-order valence-electron chi connectivity index (χ2n) is 5.24. The van der Waals surface area contributed by atoms with Crippen LogP contribution in [-0.4, -0.2) is 37.0 Å². The van der Waals surface area contributed by atoms with Crippen molar-refractivity contribution in [3.63, 3.8) is 0 Å². The van der Waals surface area contributed by atoms with Crippen LogP contribution in [0, 0.1) is 30.3 Å². The third-order valence-electron chi connectivity index (χ3n) is 3.27. The van der Waals surface area contributed by atoms with Gasteiger partial charge in [0.25, 0.3) is 11.4 Å². The van der Waals surface area contributed by atoms with Gasteiger partial charge in [-0.1, -0.05) is 30.3 Å². The van der Waals surface area contributed by atoms with Gasteiger partial charge in [0, 0.05) is 0 Å². The summed E-state index contributed by atoms with van der Waals surface area (Å²) in [7, 11) is 0. The van der Waals surface area contributed by atoms with E-state index in [-0.39, 0.29) is 0 Å². The molecule has 4 N–H and O–H groups in total. The Morgan fingerprint density at radius 2 is 1.43 bits per heavy atom. The van der Waals surface area contributed by atoms with Crippen molar-refractivity contribution in [3.05, 3.63) is 78.4 Å². The zero-order valence-corrected chi connectivity index (χ0v) is 14.0. The number of hydrogen-bond donors (Lipinski definition) is 3. The van der Waals surface area contributed by atoms with E-state index < -0.39 is 49.6 Å². The van der Waals surface area contributed by atoms with E-state index in [9.17, 15) is 35.1 Å². The first-order chi connectivity index (χ1) is 13.0. The largest absolute Gasteiger partial charge is 0.497 e. The van der Waals surface area contributed by atoms with E-state index in [0.717, 1.165) is 5.56 Å². The van der Waals surface area contributed by atoms with Crippen LogP contribution in [0.4, 0.5) is 17.1 Å². The fraction of sp³-hybridized carbons (Fsp3) is 0.133. The molecule has 2 rings (SSSR count). The minimum absolute atomic E-state index is 0.385. The van der Waals surface area contributed by atoms with Gasteiger partial charge in [0.2, 0.25) is 0 Å². The van der Waals surface area contributed by atoms with Gasteiger partial charge in [-0.05, 0) is 12.0 Å². The average molecular weight is 394 g/mol. The molecule has 2 aromatic carbocycles. The minimum atomic E-state index is -1.21. The Bertz CT molecular complexity index is 867. The molecule has 0 fully saturated rings. The maximum Gasteiger partial charge on any atom is 0.324 e. The number of aromatic hydroxyl groups is 1. The number of phenolic OH excluding ortho intramolecular Hbond substituents is 1. The molecule has 0 radical (unpaired) electrons. The first kappa shape index (κ1) is 21.9. The summed E-state index contributed by atoms with van der Waals surface area (Å²) >= 11 is 0. The first-order valence-electron chi connectivity index (χ1n) is 7.37. The van der Waals surface area contributed by atoms with Crippen LogP contribution in [0.5, 0.6) is 5.75 Å². The molecule has 0 aliphatic carbocycles. The highest BCUT2D eigenvalue weighted by atomic mass is 16.6. The molecule has 0 aliphatic heterocycles. The number of non-ortho nitro benzene ring substituents is 1. The van der Waals surface area contributed by atoms with Crippen LogP contribution in [0.25, 0.3) is 0 Å². The van der Waals surface area contributed by atoms with Crippen molar-refractivity contribution in [1.82, 2.24) is 0 Å². The van der Waals surface area contributed by atoms with Crippen LogP contribution >= 0.6 is 0 Å². The average Bonchev–Trinajstić information content (AvgIpc) is 2.62. The lowest BCUT2D eigenvalue weighted by atomic mass is 10.1. The standard InChI is InChI=1S/C9H11NO2.C6H3N3O7/c10-8(9(11)12)6-7-4-2-1-3-5-7;10-6-4(8(13)14)1-3(7(11)12)2-5(6)9(15)16/h1-5,8H,6,10H2,(H,11,12);1-2,10H. The number of nitro benzene ring substituents is 3. The van der Waals surface area contributed by atoms with Crippen LogP contribution in [-0.2, 0) is 11.2 Å². The second-order valence-corrected chi connectivity index (χ2v) is 5.24. The smallest absolute Gasteiger partial charge is 0.324 e. The lowest BCUT2D eigenvalue weighted by Gasteiger charge is -2.04. The molecule has 0 heterocycles. The Morgan fingerprint density at radius 3 is 1.79 bits per heavy atom. The maximum absolute atomic E-state index is 10.4. The van der Waals surface area contributed by atoms with Crippen molar-refractivity contribution in [3.8, 4) is 5.75 Å². The van der Waals surface area contributed by atoms with Gasteiger partial charge in [-0.25, -0.2) is 0 Å². The van der Waals surface area contributed by atoms with E-state index >= 15 is 0 Å². The van der Waals surface area contributed by atoms with Gasteiger partial charge in [0.05, 0.1) is 26.9 Å². The van der Waals surface area contributed by atoms with Gasteiger partial charge < -0.3 is 15.9 Å². The SMILES string of the molecule is NC(Cc1ccccc1)C(=O)O.O=[N+]([O-])c1cc([N+](=O)[O-])c(O)c([N+](=O)[O-])c1. The Hall–Kier alpha value is -4.13. The number of carbonyl (C=O) groups is 1. The predicted molar refractivity (Wildman–Crippen MR) is 93.8 cm³/mol. The van der Waals surface area contributed by atoms with Crippen LogP contribution in [0.1, 0.15) is 5.56 Å². The monoisotopic (exact) mass is 394 g/mol. The zero-order valence-electron chi connectivity index (χ0n) is 14.0. The summed E-state index contributed by atoms with van der Waals surface area (Å²) in [5, 5.41) is 48.7. The van der Waals surface area contributed by atoms with Crippen LogP contribution < -0.4 is 5.73 Å². The number of benzene rings is 2. The summed E-state index contributed by atoms with van der Waals surface area (Å²) in [4.78, 5) is 38.1. The van der Waals surface area contributed by atoms with E-state index in [2.05, 4.69) is 0 Å². The van der Waals surface area contributed by atoms with Crippen LogP contribution in [0.15, 0.2) is 42.5 Å². The number of carboxylic acid groups (broad SMARTS) is 1. The van der Waals surface area contributed by atoms with Crippen molar-refractivity contribution in [2.75, 3.05) is 0 Å². The van der Waals surface area contributed by atoms with Gasteiger partial charge >= 0.3 is 17.3 Å². The number of nitro groups is 3. The highest BCUT2D eigenvalue weighted by molar-refractivity contribution is 5.73. The Kier molecular flexibility index (Phi) is 7.46. The molecule has 0 aliphatic rings. The third-order valence-corrected chi connectivity index (χ3v) is 3.27. The predicted octanol–water partition coefficient (Wildman–Crippen LogP) is 1.76. The van der Waals surface area contributed by atoms with Crippen LogP contribution in [0.2, 0.25) is 0 Å². The molecule has 0 amide bonds. The summed E-state index contributed by atoms with van der Waals surface area (Å²) < 4.78 is 0. The highest BCUT2D eigenvalue weighted by Crippen LogP contribution is 2.38. The Labute approximate surface area is 156 Å². The van der Waals surface area contributed by atoms with E-state index in [1.807, 2.05) is 30.3 Å². The summed E-state index contributed by atoms with van der Waals surface area (Å²) in [6, 6.07) is 9.44. The zero-order chi connectivity index (χ0) is 21.4. The van der Waals surface area contributed by atoms with Gasteiger partial charge in [-0.15, -0.1) is 0 Å². The van der Waals surface area contributed by atoms with Crippen molar-refractivity contribution in [2.24, 2.45) is 5.73 Å². The topological polar surface area (TPSA) is 213 Å². The summed E-state index contributed by atoms with van der Waals surface area (Å²) in [5.74, 6) is -2.17. The molecule has 0 aromatic heterocycles. The molecule has 148 valence electrons. The summed E-state index contributed by atoms with van der Waals surface area (Å²) in [5.41, 5.74) is 3.30. The molecule has 0 bridgehead atoms. The van der Waals surface area contributed by atoms with Gasteiger partial charge in [0.1, 0.15) is 6.04 Å². The fourth-order valence-electron chi connectivity index (χ4n) is 1.93. The number of carboxylic acids is 1. The lowest BCUT2D eigenvalue weighted by Crippen LogP contribution is -2.32. The number of rotatable bonds is 6. The highest BCUT2D eigenvalue weighted by Gasteiger charge is 2.30. The molecular weight excluding hydrogens is 380 g/mol. The first-order valence-corrected chi connectivity index (χ1v) is 7.37. The second kappa shape index (κ2) is 9.54. The molecule has 0 spiro atoms. The molecule has 13 nitrogen and oxygen atoms in total. The summed E-state index contributed by atoms with van der Waals surface area (Å²) in [6.07, 6.45) is 0.385. The number of phenols is 1. The quantitative estimate of drug-likeness (QED) is 0.476. The molecule has 2 aromatic rings. The van der Waals surface area contributed by atoms with Gasteiger partial charge in [-0.3, -0.25) is 35.1 Å². The normalized spacial score (nSPS) is 10.9. The number of nitrogens with two attached hydrogens (primary N) is 1. The van der Waals surface area contributed by atoms with Crippen molar-refractivity contribution < 1.29 is 29.8 Å². The molecular formula is C15H14N4O9. The van der Waals surface area contributed by atoms with Crippen molar-refractivity contribution in [2.45, 2.75) is 12.5 Å². The molecule has 1 atom stereocenters. The fourth-order valence-corrected chi connectivity index (χ4v) is 1.93. The third kappa shape index (κ3) is 5.99. The van der Waals surface area contributed by atoms with E-state index in [0.29, 0.717) is 18.6 Å². The Balaban J connectivity index is 0.000000292. The number of aliphatic carboxylic acids is 1. The van der Waals surface area contributed by atoms with Crippen molar-refractivity contribution in [1.29, 1.82) is 0 Å². The lowest BCUT2D eigenvalue weighted by molar-refractivity contribution is -0.404. The van der Waals surface area contributed by atoms with Crippen LogP contribution in [0.3, 0.4) is 0 Å². The van der Waals surface area contributed by atoms with Crippen molar-refractivity contribution >= 4 is 23.0 Å². The van der Waals surface area contributed by atoms with E-state index in [1.54, 1.807) is 0 Å². The maximum atomic E-state index is 10.4. The van der Waals surface area contributed by atoms with E-state index in [1.165, 1.54) is 0 Å². The van der Waals surface area contributed by atoms with Gasteiger partial charge in [0.15, 0.2) is 0 Å². The number of nitrogens with zero attached hydrogens (tertiary/aromatic N) is 3. The van der Waals surface area contributed by atoms with E-state index in [4.69, 9.17) is 15.9 Å². The molecule has 13 heteroatoms. The molecule has 0 saturated heterocycles. The summed E-state index contributed by atoms with van der Waals surface area (Å²) in [6.45, 7) is 0. The van der Waals surface area contributed by atoms with Gasteiger partial charge in [-0.2, -0.15) is 0 Å². The minimum Gasteiger partial charge on any atom is -0.497 e.